The molecule has 0 aliphatic rings. The Bertz CT molecular complexity index is 883. The average Bonchev–Trinajstić information content (AvgIpc) is 2.68. The molecule has 0 saturated heterocycles. The summed E-state index contributed by atoms with van der Waals surface area (Å²) < 4.78 is 5.12. The minimum atomic E-state index is -0.583. The van der Waals surface area contributed by atoms with Gasteiger partial charge in [-0.25, -0.2) is 9.78 Å². The molecule has 0 bridgehead atoms. The van der Waals surface area contributed by atoms with Crippen LogP contribution in [0.2, 0.25) is 0 Å². The number of aromatic nitrogens is 1. The Morgan fingerprint density at radius 3 is 2.38 bits per heavy atom. The first kappa shape index (κ1) is 17.2. The third-order valence-corrected chi connectivity index (χ3v) is 3.47. The normalized spacial score (nSPS) is 10.0. The van der Waals surface area contributed by atoms with Crippen LogP contribution in [0.4, 0.5) is 17.2 Å². The van der Waals surface area contributed by atoms with Crippen molar-refractivity contribution >= 4 is 29.1 Å². The molecule has 2 N–H and O–H groups in total. The topological polar surface area (TPSA) is 80.3 Å². The van der Waals surface area contributed by atoms with Gasteiger partial charge in [-0.2, -0.15) is 0 Å². The second-order valence-corrected chi connectivity index (χ2v) is 5.38. The van der Waals surface area contributed by atoms with Gasteiger partial charge in [0, 0.05) is 11.9 Å². The van der Waals surface area contributed by atoms with E-state index in [1.807, 2.05) is 36.4 Å². The van der Waals surface area contributed by atoms with Crippen LogP contribution in [0.5, 0.6) is 0 Å². The van der Waals surface area contributed by atoms with E-state index in [1.54, 1.807) is 42.6 Å². The fraction of sp³-hybridized carbons (Fsp3) is 0.0500. The van der Waals surface area contributed by atoms with Gasteiger partial charge in [0.2, 0.25) is 0 Å². The molecule has 0 aliphatic carbocycles. The van der Waals surface area contributed by atoms with Crippen molar-refractivity contribution in [2.24, 2.45) is 0 Å². The monoisotopic (exact) mass is 347 g/mol. The highest BCUT2D eigenvalue weighted by Crippen LogP contribution is 2.21. The van der Waals surface area contributed by atoms with Crippen LogP contribution in [-0.4, -0.2) is 23.5 Å². The fourth-order valence-corrected chi connectivity index (χ4v) is 2.27. The number of nitrogens with zero attached hydrogens (tertiary/aromatic N) is 1. The van der Waals surface area contributed by atoms with Gasteiger partial charge in [0.15, 0.2) is 6.61 Å². The Morgan fingerprint density at radius 1 is 0.885 bits per heavy atom. The Morgan fingerprint density at radius 2 is 1.62 bits per heavy atom. The first-order chi connectivity index (χ1) is 12.7. The first-order valence-corrected chi connectivity index (χ1v) is 8.01. The summed E-state index contributed by atoms with van der Waals surface area (Å²) in [4.78, 5) is 28.2. The van der Waals surface area contributed by atoms with Crippen molar-refractivity contribution in [2.45, 2.75) is 0 Å². The molecule has 1 heterocycles. The highest BCUT2D eigenvalue weighted by atomic mass is 16.5. The van der Waals surface area contributed by atoms with E-state index in [2.05, 4.69) is 15.6 Å². The van der Waals surface area contributed by atoms with E-state index in [9.17, 15) is 9.59 Å². The number of ether oxygens (including phenoxy) is 1. The number of carbonyl (C=O) groups is 2. The number of esters is 1. The second kappa shape index (κ2) is 8.43. The molecule has 130 valence electrons. The maximum Gasteiger partial charge on any atom is 0.340 e. The van der Waals surface area contributed by atoms with Gasteiger partial charge in [-0.3, -0.25) is 4.79 Å². The van der Waals surface area contributed by atoms with Crippen molar-refractivity contribution in [3.63, 3.8) is 0 Å². The van der Waals surface area contributed by atoms with Gasteiger partial charge in [0.25, 0.3) is 5.91 Å². The summed E-state index contributed by atoms with van der Waals surface area (Å²) in [5.41, 5.74) is 1.80. The summed E-state index contributed by atoms with van der Waals surface area (Å²) in [5, 5.41) is 5.73. The van der Waals surface area contributed by atoms with E-state index in [0.717, 1.165) is 5.69 Å². The number of benzene rings is 2. The van der Waals surface area contributed by atoms with Gasteiger partial charge in [-0.1, -0.05) is 36.4 Å². The Hall–Kier alpha value is -3.67. The fourth-order valence-electron chi connectivity index (χ4n) is 2.27. The number of rotatable bonds is 6. The lowest BCUT2D eigenvalue weighted by Crippen LogP contribution is -2.21. The molecule has 0 atom stereocenters. The van der Waals surface area contributed by atoms with Gasteiger partial charge < -0.3 is 15.4 Å². The average molecular weight is 347 g/mol. The number of amides is 1. The van der Waals surface area contributed by atoms with Crippen LogP contribution in [0.3, 0.4) is 0 Å². The van der Waals surface area contributed by atoms with E-state index < -0.39 is 18.5 Å². The molecule has 0 aliphatic heterocycles. The number of para-hydroxylation sites is 2. The first-order valence-electron chi connectivity index (χ1n) is 8.01. The molecule has 1 aromatic heterocycles. The van der Waals surface area contributed by atoms with Crippen LogP contribution in [0, 0.1) is 0 Å². The van der Waals surface area contributed by atoms with Crippen molar-refractivity contribution < 1.29 is 14.3 Å². The van der Waals surface area contributed by atoms with Gasteiger partial charge in [0.05, 0.1) is 11.3 Å². The van der Waals surface area contributed by atoms with E-state index in [-0.39, 0.29) is 0 Å². The SMILES string of the molecule is O=C(COC(=O)c1ccccc1Nc1ccccc1)Nc1ccccn1. The molecule has 1 amide bonds. The number of hydrogen-bond donors (Lipinski definition) is 2. The predicted octanol–water partition coefficient (Wildman–Crippen LogP) is 3.62. The molecular formula is C20H17N3O3. The largest absolute Gasteiger partial charge is 0.452 e. The van der Waals surface area contributed by atoms with Crippen molar-refractivity contribution in [3.8, 4) is 0 Å². The van der Waals surface area contributed by atoms with Crippen molar-refractivity contribution in [1.82, 2.24) is 4.98 Å². The lowest BCUT2D eigenvalue weighted by Gasteiger charge is -2.11. The van der Waals surface area contributed by atoms with Gasteiger partial charge >= 0.3 is 5.97 Å². The van der Waals surface area contributed by atoms with Gasteiger partial charge in [-0.05, 0) is 36.4 Å². The summed E-state index contributed by atoms with van der Waals surface area (Å²) >= 11 is 0. The highest BCUT2D eigenvalue weighted by Gasteiger charge is 2.14. The summed E-state index contributed by atoms with van der Waals surface area (Å²) in [5.74, 6) is -0.634. The molecule has 2 aromatic carbocycles. The predicted molar refractivity (Wildman–Crippen MR) is 99.3 cm³/mol. The lowest BCUT2D eigenvalue weighted by molar-refractivity contribution is -0.119. The molecule has 0 saturated carbocycles. The summed E-state index contributed by atoms with van der Waals surface area (Å²) in [7, 11) is 0. The Labute approximate surface area is 150 Å². The molecule has 0 radical (unpaired) electrons. The van der Waals surface area contributed by atoms with Gasteiger partial charge in [0.1, 0.15) is 5.82 Å². The van der Waals surface area contributed by atoms with E-state index in [4.69, 9.17) is 4.74 Å². The minimum Gasteiger partial charge on any atom is -0.452 e. The number of hydrogen-bond acceptors (Lipinski definition) is 5. The summed E-state index contributed by atoms with van der Waals surface area (Å²) in [6, 6.07) is 21.6. The summed E-state index contributed by atoms with van der Waals surface area (Å²) in [6.45, 7) is -0.394. The van der Waals surface area contributed by atoms with Crippen molar-refractivity contribution in [2.75, 3.05) is 17.2 Å². The van der Waals surface area contributed by atoms with Gasteiger partial charge in [-0.15, -0.1) is 0 Å². The van der Waals surface area contributed by atoms with Crippen LogP contribution >= 0.6 is 0 Å². The smallest absolute Gasteiger partial charge is 0.340 e. The molecule has 3 aromatic rings. The molecule has 3 rings (SSSR count). The number of carbonyl (C=O) groups excluding carboxylic acids is 2. The third kappa shape index (κ3) is 4.67. The van der Waals surface area contributed by atoms with E-state index in [1.165, 1.54) is 0 Å². The van der Waals surface area contributed by atoms with Crippen LogP contribution in [0.25, 0.3) is 0 Å². The zero-order chi connectivity index (χ0) is 18.2. The lowest BCUT2D eigenvalue weighted by atomic mass is 10.1. The zero-order valence-corrected chi connectivity index (χ0v) is 13.9. The Balaban J connectivity index is 1.62. The molecule has 0 spiro atoms. The zero-order valence-electron chi connectivity index (χ0n) is 13.9. The number of pyridine rings is 1. The number of anilines is 3. The minimum absolute atomic E-state index is 0.349. The molecule has 0 fully saturated rings. The number of nitrogens with one attached hydrogen (secondary N) is 2. The van der Waals surface area contributed by atoms with Crippen LogP contribution in [0.15, 0.2) is 79.0 Å². The second-order valence-electron chi connectivity index (χ2n) is 5.38. The van der Waals surface area contributed by atoms with Crippen molar-refractivity contribution in [1.29, 1.82) is 0 Å². The summed E-state index contributed by atoms with van der Waals surface area (Å²) in [6.07, 6.45) is 1.56. The molecule has 6 heteroatoms. The van der Waals surface area contributed by atoms with Crippen LogP contribution in [-0.2, 0) is 9.53 Å². The van der Waals surface area contributed by atoms with Crippen LogP contribution in [0.1, 0.15) is 10.4 Å². The molecule has 26 heavy (non-hydrogen) atoms. The third-order valence-electron chi connectivity index (χ3n) is 3.47. The molecule has 0 unspecified atom stereocenters. The maximum atomic E-state index is 12.4. The maximum absolute atomic E-state index is 12.4. The van der Waals surface area contributed by atoms with Crippen LogP contribution < -0.4 is 10.6 Å². The molecule has 6 nitrogen and oxygen atoms in total. The molecular weight excluding hydrogens is 330 g/mol. The standard InChI is InChI=1S/C20H17N3O3/c24-19(23-18-12-6-7-13-21-18)14-26-20(25)16-10-4-5-11-17(16)22-15-8-2-1-3-9-15/h1-13,22H,14H2,(H,21,23,24). The van der Waals surface area contributed by atoms with E-state index >= 15 is 0 Å². The van der Waals surface area contributed by atoms with E-state index in [0.29, 0.717) is 17.1 Å². The highest BCUT2D eigenvalue weighted by molar-refractivity contribution is 5.98. The quantitative estimate of drug-likeness (QED) is 0.666. The van der Waals surface area contributed by atoms with Crippen molar-refractivity contribution in [3.05, 3.63) is 84.6 Å². The Kier molecular flexibility index (Phi) is 5.57.